The molecular formula is C36H38N2O10. The van der Waals surface area contributed by atoms with Crippen LogP contribution in [0.2, 0.25) is 0 Å². The number of carboxylic acids is 1. The van der Waals surface area contributed by atoms with Crippen LogP contribution in [0.5, 0.6) is 0 Å². The molecule has 252 valence electrons. The average molecular weight is 659 g/mol. The number of benzene rings is 4. The van der Waals surface area contributed by atoms with Crippen LogP contribution in [-0.2, 0) is 50.2 Å². The second-order valence-electron chi connectivity index (χ2n) is 10.5. The number of aryl methyl sites for hydroxylation is 2. The average Bonchev–Trinajstić information content (AvgIpc) is 3.10. The molecule has 4 rings (SSSR count). The molecule has 0 saturated heterocycles. The summed E-state index contributed by atoms with van der Waals surface area (Å²) in [6.07, 6.45) is 1.37. The maximum atomic E-state index is 13.2. The van der Waals surface area contributed by atoms with Crippen LogP contribution in [0.4, 0.5) is 17.1 Å². The van der Waals surface area contributed by atoms with Gasteiger partial charge in [-0.1, -0.05) is 43.3 Å². The van der Waals surface area contributed by atoms with Crippen LogP contribution >= 0.6 is 0 Å². The molecule has 0 spiro atoms. The van der Waals surface area contributed by atoms with Crippen molar-refractivity contribution in [3.8, 4) is 0 Å². The number of ether oxygens (including phenoxy) is 1. The number of hydrogen-bond acceptors (Lipinski definition) is 10. The molecule has 0 atom stereocenters. The number of rotatable bonds is 14. The van der Waals surface area contributed by atoms with Crippen LogP contribution in [0, 0.1) is 6.92 Å². The molecule has 1 amide bonds. The fourth-order valence-electron chi connectivity index (χ4n) is 5.03. The van der Waals surface area contributed by atoms with Gasteiger partial charge in [0.05, 0.1) is 30.9 Å². The number of esters is 1. The van der Waals surface area contributed by atoms with Gasteiger partial charge in [0.2, 0.25) is 0 Å². The van der Waals surface area contributed by atoms with Gasteiger partial charge in [0.25, 0.3) is 5.91 Å². The van der Waals surface area contributed by atoms with Gasteiger partial charge in [-0.2, -0.15) is 0 Å². The molecule has 0 bridgehead atoms. The van der Waals surface area contributed by atoms with E-state index in [0.29, 0.717) is 34.5 Å². The molecule has 12 nitrogen and oxygen atoms in total. The van der Waals surface area contributed by atoms with Crippen LogP contribution in [0.25, 0.3) is 0 Å². The van der Waals surface area contributed by atoms with Crippen molar-refractivity contribution in [1.29, 1.82) is 0 Å². The van der Waals surface area contributed by atoms with E-state index in [-0.39, 0.29) is 24.3 Å². The normalized spacial score (nSPS) is 10.4. The predicted octanol–water partition coefficient (Wildman–Crippen LogP) is 6.51. The summed E-state index contributed by atoms with van der Waals surface area (Å²) >= 11 is 0. The van der Waals surface area contributed by atoms with Gasteiger partial charge >= 0.3 is 11.9 Å². The number of carbonyl (C=O) groups is 4. The maximum Gasteiger partial charge on any atom is 0.337 e. The van der Waals surface area contributed by atoms with Gasteiger partial charge in [0, 0.05) is 22.6 Å². The molecule has 0 aliphatic heterocycles. The Hall–Kier alpha value is -5.40. The third-order valence-corrected chi connectivity index (χ3v) is 7.42. The number of carboxylic acid groups (broad SMARTS) is 1. The first-order valence-electron chi connectivity index (χ1n) is 14.7. The standard InChI is InChI=1S/C35H36N2O9.CH2O/c1-5-25-16-23(8-13-31(25)36-32-18-26(35(41)43-3)9-10-27(32)20-45-42)15-22-7-12-30(21(2)14-22)37-33(38)29-17-24(19-46-44-4)6-11-28(29)34(39)40;1-2/h6-14,16-18,36,42H,5,15,19-20H2,1-4H3,(H,37,38)(H,39,40);1H2. The SMILES string of the molecule is C=O.CCc1cc(Cc2ccc(NC(=O)c3cc(COOC)ccc3C(=O)O)c(C)c2)ccc1Nc1cc(C(=O)OC)ccc1COO. The Morgan fingerprint density at radius 3 is 2.08 bits per heavy atom. The minimum atomic E-state index is -1.21. The summed E-state index contributed by atoms with van der Waals surface area (Å²) in [6, 6.07) is 21.2. The van der Waals surface area contributed by atoms with Crippen molar-refractivity contribution in [3.05, 3.63) is 123 Å². The molecule has 0 unspecified atom stereocenters. The van der Waals surface area contributed by atoms with E-state index >= 15 is 0 Å². The summed E-state index contributed by atoms with van der Waals surface area (Å²) < 4.78 is 4.85. The zero-order valence-corrected chi connectivity index (χ0v) is 27.1. The topological polar surface area (TPSA) is 170 Å². The van der Waals surface area contributed by atoms with E-state index in [1.807, 2.05) is 44.9 Å². The van der Waals surface area contributed by atoms with Crippen LogP contribution in [-0.4, -0.2) is 49.2 Å². The van der Waals surface area contributed by atoms with Crippen LogP contribution in [0.15, 0.2) is 72.8 Å². The van der Waals surface area contributed by atoms with E-state index in [4.69, 9.17) is 19.7 Å². The number of methoxy groups -OCH3 is 1. The van der Waals surface area contributed by atoms with Gasteiger partial charge in [-0.15, -0.1) is 0 Å². The fourth-order valence-corrected chi connectivity index (χ4v) is 5.03. The zero-order chi connectivity index (χ0) is 35.2. The molecule has 0 fully saturated rings. The van der Waals surface area contributed by atoms with Crippen molar-refractivity contribution in [1.82, 2.24) is 0 Å². The third kappa shape index (κ3) is 9.56. The minimum Gasteiger partial charge on any atom is -0.478 e. The van der Waals surface area contributed by atoms with E-state index in [1.165, 1.54) is 26.4 Å². The van der Waals surface area contributed by atoms with Crippen molar-refractivity contribution in [3.63, 3.8) is 0 Å². The molecule has 0 heterocycles. The Morgan fingerprint density at radius 1 is 0.771 bits per heavy atom. The molecule has 0 saturated carbocycles. The number of aromatic carboxylic acids is 1. The minimum absolute atomic E-state index is 0.0157. The van der Waals surface area contributed by atoms with E-state index in [1.54, 1.807) is 30.3 Å². The number of carbonyl (C=O) groups excluding carboxylic acids is 3. The summed E-state index contributed by atoms with van der Waals surface area (Å²) in [5.41, 5.74) is 7.50. The Kier molecular flexibility index (Phi) is 14.0. The molecule has 4 aromatic carbocycles. The van der Waals surface area contributed by atoms with Crippen LogP contribution < -0.4 is 10.6 Å². The molecule has 0 aromatic heterocycles. The summed E-state index contributed by atoms with van der Waals surface area (Å²) in [4.78, 5) is 58.9. The van der Waals surface area contributed by atoms with Crippen LogP contribution in [0.3, 0.4) is 0 Å². The Labute approximate surface area is 278 Å². The zero-order valence-electron chi connectivity index (χ0n) is 27.1. The Balaban J connectivity index is 0.00000307. The highest BCUT2D eigenvalue weighted by Crippen LogP contribution is 2.29. The van der Waals surface area contributed by atoms with Crippen molar-refractivity contribution in [2.24, 2.45) is 0 Å². The Morgan fingerprint density at radius 2 is 1.46 bits per heavy atom. The molecule has 0 aliphatic rings. The highest BCUT2D eigenvalue weighted by molar-refractivity contribution is 6.11. The molecule has 0 aliphatic carbocycles. The highest BCUT2D eigenvalue weighted by atomic mass is 17.2. The summed E-state index contributed by atoms with van der Waals surface area (Å²) in [7, 11) is 2.68. The quantitative estimate of drug-likeness (QED) is 0.0662. The smallest absolute Gasteiger partial charge is 0.337 e. The molecule has 48 heavy (non-hydrogen) atoms. The lowest BCUT2D eigenvalue weighted by Crippen LogP contribution is -2.17. The number of hydrogen-bond donors (Lipinski definition) is 4. The maximum absolute atomic E-state index is 13.2. The van der Waals surface area contributed by atoms with Gasteiger partial charge in [-0.05, 0) is 84.0 Å². The van der Waals surface area contributed by atoms with Gasteiger partial charge in [-0.25, -0.2) is 24.3 Å². The van der Waals surface area contributed by atoms with E-state index in [9.17, 15) is 19.5 Å². The van der Waals surface area contributed by atoms with Gasteiger partial charge in [-0.3, -0.25) is 10.1 Å². The molecule has 0 radical (unpaired) electrons. The van der Waals surface area contributed by atoms with Crippen LogP contribution in [0.1, 0.15) is 71.4 Å². The van der Waals surface area contributed by atoms with Gasteiger partial charge in [0.15, 0.2) is 0 Å². The first-order chi connectivity index (χ1) is 23.2. The molecule has 4 aromatic rings. The first-order valence-corrected chi connectivity index (χ1v) is 14.7. The predicted molar refractivity (Wildman–Crippen MR) is 179 cm³/mol. The van der Waals surface area contributed by atoms with E-state index in [2.05, 4.69) is 26.5 Å². The summed E-state index contributed by atoms with van der Waals surface area (Å²) in [5, 5.41) is 24.9. The lowest BCUT2D eigenvalue weighted by molar-refractivity contribution is -0.282. The number of amides is 1. The van der Waals surface area contributed by atoms with Crippen molar-refractivity contribution in [2.45, 2.75) is 39.9 Å². The van der Waals surface area contributed by atoms with Crippen molar-refractivity contribution < 1.29 is 48.9 Å². The lowest BCUT2D eigenvalue weighted by atomic mass is 9.98. The summed E-state index contributed by atoms with van der Waals surface area (Å²) in [6.45, 7) is 5.92. The van der Waals surface area contributed by atoms with Crippen molar-refractivity contribution in [2.75, 3.05) is 24.9 Å². The van der Waals surface area contributed by atoms with E-state index < -0.39 is 17.8 Å². The second kappa shape index (κ2) is 18.1. The van der Waals surface area contributed by atoms with E-state index in [0.717, 1.165) is 34.4 Å². The van der Waals surface area contributed by atoms with Gasteiger partial charge < -0.3 is 25.3 Å². The highest BCUT2D eigenvalue weighted by Gasteiger charge is 2.19. The lowest BCUT2D eigenvalue weighted by Gasteiger charge is -2.17. The molecule has 4 N–H and O–H groups in total. The second-order valence-corrected chi connectivity index (χ2v) is 10.5. The fraction of sp³-hybridized carbons (Fsp3) is 0.222. The monoisotopic (exact) mass is 658 g/mol. The van der Waals surface area contributed by atoms with Crippen molar-refractivity contribution >= 4 is 41.7 Å². The first kappa shape index (κ1) is 37.1. The number of nitrogens with one attached hydrogen (secondary N) is 2. The Bertz CT molecular complexity index is 1760. The largest absolute Gasteiger partial charge is 0.478 e. The van der Waals surface area contributed by atoms with Gasteiger partial charge in [0.1, 0.15) is 20.0 Å². The summed E-state index contributed by atoms with van der Waals surface area (Å²) in [5.74, 6) is -2.23. The molecule has 12 heteroatoms. The molecular weight excluding hydrogens is 620 g/mol. The number of anilines is 3. The third-order valence-electron chi connectivity index (χ3n) is 7.42.